The molecule has 0 aliphatic heterocycles. The lowest BCUT2D eigenvalue weighted by molar-refractivity contribution is -0.342. The smallest absolute Gasteiger partial charge is 0.142 e. The van der Waals surface area contributed by atoms with Crippen molar-refractivity contribution in [2.45, 2.75) is 6.10 Å². The predicted molar refractivity (Wildman–Crippen MR) is 34.8 cm³/mol. The van der Waals surface area contributed by atoms with Crippen LogP contribution in [0.15, 0.2) is 12.2 Å². The van der Waals surface area contributed by atoms with E-state index in [1.54, 1.807) is 0 Å². The van der Waals surface area contributed by atoms with Crippen molar-refractivity contribution in [2.75, 3.05) is 6.61 Å². The Hall–Kier alpha value is -0.520. The molecule has 7 heteroatoms. The van der Waals surface area contributed by atoms with Crippen LogP contribution in [-0.4, -0.2) is 24.1 Å². The summed E-state index contributed by atoms with van der Waals surface area (Å²) < 4.78 is 13.6. The Balaban J connectivity index is 3.71. The summed E-state index contributed by atoms with van der Waals surface area (Å²) in [5.41, 5.74) is 0. The average molecular weight is 194 g/mol. The Kier molecular flexibility index (Phi) is 4.96. The monoisotopic (exact) mass is 194 g/mol. The van der Waals surface area contributed by atoms with Gasteiger partial charge >= 0.3 is 0 Å². The maximum atomic E-state index is 9.85. The number of carbonyl (C=O) groups excluding carboxylic acids is 1. The van der Waals surface area contributed by atoms with Gasteiger partial charge in [-0.1, -0.05) is 6.08 Å². The van der Waals surface area contributed by atoms with Gasteiger partial charge in [-0.15, -0.1) is 0 Å². The summed E-state index contributed by atoms with van der Waals surface area (Å²) in [6, 6.07) is 0. The first kappa shape index (κ1) is 11.5. The zero-order valence-corrected chi connectivity index (χ0v) is 6.85. The summed E-state index contributed by atoms with van der Waals surface area (Å²) >= 11 is 0. The molecule has 0 rings (SSSR count). The van der Waals surface area contributed by atoms with Crippen LogP contribution >= 0.6 is 7.82 Å². The standard InChI is InChI=1S/C5H9O6P/c6-3-1-2-5(7)4-11-12(8,9)10/h1-3,5,7H,4H2,(H2,8,9,10)/p-2/b2-1+/t5-/m0/s1. The lowest BCUT2D eigenvalue weighted by atomic mass is 10.3. The van der Waals surface area contributed by atoms with Gasteiger partial charge in [0.2, 0.25) is 0 Å². The van der Waals surface area contributed by atoms with Crippen molar-refractivity contribution in [3.8, 4) is 0 Å². The molecule has 70 valence electrons. The van der Waals surface area contributed by atoms with Gasteiger partial charge in [0.05, 0.1) is 20.5 Å². The number of aliphatic hydroxyl groups is 1. The molecule has 0 saturated carbocycles. The highest BCUT2D eigenvalue weighted by Gasteiger charge is 1.99. The molecule has 0 spiro atoms. The number of hydrogen-bond acceptors (Lipinski definition) is 6. The molecule has 0 unspecified atom stereocenters. The first-order valence-corrected chi connectivity index (χ1v) is 4.38. The van der Waals surface area contributed by atoms with Crippen molar-refractivity contribution in [3.05, 3.63) is 12.2 Å². The zero-order valence-electron chi connectivity index (χ0n) is 5.95. The Morgan fingerprint density at radius 1 is 1.58 bits per heavy atom. The third-order valence-corrected chi connectivity index (χ3v) is 1.28. The van der Waals surface area contributed by atoms with Gasteiger partial charge in [0.25, 0.3) is 0 Å². The van der Waals surface area contributed by atoms with Crippen LogP contribution in [0.5, 0.6) is 0 Å². The number of aldehydes is 1. The summed E-state index contributed by atoms with van der Waals surface area (Å²) in [5, 5.41) is 8.77. The maximum absolute atomic E-state index is 9.85. The molecule has 0 amide bonds. The van der Waals surface area contributed by atoms with Crippen molar-refractivity contribution in [2.24, 2.45) is 0 Å². The third-order valence-electron chi connectivity index (χ3n) is 0.815. The number of phosphoric acid groups is 1. The van der Waals surface area contributed by atoms with E-state index in [4.69, 9.17) is 5.11 Å². The van der Waals surface area contributed by atoms with E-state index in [1.165, 1.54) is 0 Å². The average Bonchev–Trinajstić information content (AvgIpc) is 1.95. The summed E-state index contributed by atoms with van der Waals surface area (Å²) in [5.74, 6) is 0. The molecule has 12 heavy (non-hydrogen) atoms. The van der Waals surface area contributed by atoms with Crippen LogP contribution in [0.3, 0.4) is 0 Å². The number of aliphatic hydroxyl groups excluding tert-OH is 1. The molecule has 0 saturated heterocycles. The van der Waals surface area contributed by atoms with Gasteiger partial charge in [-0.3, -0.25) is 4.79 Å². The fourth-order valence-corrected chi connectivity index (χ4v) is 0.732. The molecule has 0 aromatic carbocycles. The highest BCUT2D eigenvalue weighted by atomic mass is 31.2. The van der Waals surface area contributed by atoms with Crippen molar-refractivity contribution >= 4 is 14.1 Å². The Morgan fingerprint density at radius 3 is 2.58 bits per heavy atom. The van der Waals surface area contributed by atoms with Gasteiger partial charge in [0.15, 0.2) is 0 Å². The Labute approximate surface area is 68.7 Å². The molecule has 0 aliphatic rings. The van der Waals surface area contributed by atoms with Crippen LogP contribution in [0.4, 0.5) is 0 Å². The second-order valence-corrected chi connectivity index (χ2v) is 2.98. The van der Waals surface area contributed by atoms with E-state index in [2.05, 4.69) is 4.52 Å². The molecule has 0 aromatic rings. The number of hydrogen-bond donors (Lipinski definition) is 1. The summed E-state index contributed by atoms with van der Waals surface area (Å²) in [7, 11) is -5.03. The van der Waals surface area contributed by atoms with E-state index < -0.39 is 20.5 Å². The second kappa shape index (κ2) is 5.18. The molecule has 0 aromatic heterocycles. The van der Waals surface area contributed by atoms with Crippen LogP contribution in [0.25, 0.3) is 0 Å². The molecular formula is C5H7O6P-2. The van der Waals surface area contributed by atoms with Crippen molar-refractivity contribution < 1.29 is 28.8 Å². The van der Waals surface area contributed by atoms with E-state index in [1.807, 2.05) is 0 Å². The molecule has 0 heterocycles. The summed E-state index contributed by atoms with van der Waals surface area (Å²) in [6.45, 7) is -0.672. The fourth-order valence-electron chi connectivity index (χ4n) is 0.397. The first-order valence-electron chi connectivity index (χ1n) is 2.92. The minimum Gasteiger partial charge on any atom is -0.790 e. The molecular weight excluding hydrogens is 187 g/mol. The largest absolute Gasteiger partial charge is 0.790 e. The SMILES string of the molecule is O=C/C=C/[C@H](O)COP(=O)([O-])[O-]. The highest BCUT2D eigenvalue weighted by molar-refractivity contribution is 7.43. The Morgan fingerprint density at radius 2 is 2.17 bits per heavy atom. The van der Waals surface area contributed by atoms with Gasteiger partial charge < -0.3 is 24.0 Å². The van der Waals surface area contributed by atoms with E-state index in [0.717, 1.165) is 12.2 Å². The predicted octanol–water partition coefficient (Wildman–Crippen LogP) is -2.05. The lowest BCUT2D eigenvalue weighted by Gasteiger charge is -2.29. The first-order chi connectivity index (χ1) is 5.45. The Bertz CT molecular complexity index is 206. The van der Waals surface area contributed by atoms with Crippen LogP contribution in [-0.2, 0) is 13.9 Å². The molecule has 1 N–H and O–H groups in total. The van der Waals surface area contributed by atoms with Gasteiger partial charge in [-0.05, 0) is 6.08 Å². The minimum absolute atomic E-state index is 0.400. The molecule has 1 atom stereocenters. The normalized spacial score (nSPS) is 14.9. The van der Waals surface area contributed by atoms with Crippen LogP contribution in [0.1, 0.15) is 0 Å². The van der Waals surface area contributed by atoms with Crippen LogP contribution < -0.4 is 9.79 Å². The molecule has 0 radical (unpaired) electrons. The highest BCUT2D eigenvalue weighted by Crippen LogP contribution is 2.24. The number of rotatable bonds is 5. The topological polar surface area (TPSA) is 110 Å². The zero-order chi connectivity index (χ0) is 9.61. The van der Waals surface area contributed by atoms with Gasteiger partial charge in [-0.2, -0.15) is 0 Å². The third kappa shape index (κ3) is 7.59. The molecule has 0 aliphatic carbocycles. The van der Waals surface area contributed by atoms with Crippen LogP contribution in [0.2, 0.25) is 0 Å². The van der Waals surface area contributed by atoms with E-state index >= 15 is 0 Å². The quantitative estimate of drug-likeness (QED) is 0.306. The van der Waals surface area contributed by atoms with Crippen molar-refractivity contribution in [1.29, 1.82) is 0 Å². The van der Waals surface area contributed by atoms with Crippen LogP contribution in [0, 0.1) is 0 Å². The lowest BCUT2D eigenvalue weighted by Crippen LogP contribution is -2.21. The van der Waals surface area contributed by atoms with E-state index in [-0.39, 0.29) is 0 Å². The van der Waals surface area contributed by atoms with E-state index in [0.29, 0.717) is 6.29 Å². The summed E-state index contributed by atoms with van der Waals surface area (Å²) in [6.07, 6.45) is 1.10. The van der Waals surface area contributed by atoms with Gasteiger partial charge in [0.1, 0.15) is 6.29 Å². The van der Waals surface area contributed by atoms with Gasteiger partial charge in [0, 0.05) is 0 Å². The maximum Gasteiger partial charge on any atom is 0.142 e. The number of phosphoric ester groups is 1. The van der Waals surface area contributed by atoms with Crippen molar-refractivity contribution in [1.82, 2.24) is 0 Å². The molecule has 6 nitrogen and oxygen atoms in total. The minimum atomic E-state index is -5.03. The number of allylic oxidation sites excluding steroid dienone is 1. The second-order valence-electron chi connectivity index (χ2n) is 1.83. The molecule has 0 fully saturated rings. The van der Waals surface area contributed by atoms with Gasteiger partial charge in [-0.25, -0.2) is 0 Å². The summed E-state index contributed by atoms with van der Waals surface area (Å²) in [4.78, 5) is 29.4. The molecule has 0 bridgehead atoms. The number of carbonyl (C=O) groups is 1. The van der Waals surface area contributed by atoms with Crippen molar-refractivity contribution in [3.63, 3.8) is 0 Å². The van der Waals surface area contributed by atoms with E-state index in [9.17, 15) is 19.1 Å². The fraction of sp³-hybridized carbons (Fsp3) is 0.400.